The van der Waals surface area contributed by atoms with Gasteiger partial charge in [0.15, 0.2) is 0 Å². The van der Waals surface area contributed by atoms with Gasteiger partial charge in [-0.25, -0.2) is 18.0 Å². The number of pyridine rings is 3. The van der Waals surface area contributed by atoms with E-state index in [2.05, 4.69) is 15.2 Å². The lowest BCUT2D eigenvalue weighted by atomic mass is 9.99. The minimum atomic E-state index is -1.31. The van der Waals surface area contributed by atoms with Crippen molar-refractivity contribution in [2.75, 3.05) is 39.3 Å². The van der Waals surface area contributed by atoms with Gasteiger partial charge in [-0.1, -0.05) is 6.07 Å². The van der Waals surface area contributed by atoms with Crippen molar-refractivity contribution >= 4 is 22.7 Å². The monoisotopic (exact) mass is 733 g/mol. The van der Waals surface area contributed by atoms with Crippen LogP contribution in [0.1, 0.15) is 36.8 Å². The molecule has 15 heteroatoms. The Balaban J connectivity index is 0.881. The highest BCUT2D eigenvalue weighted by Gasteiger charge is 2.34. The van der Waals surface area contributed by atoms with Crippen molar-refractivity contribution in [3.8, 4) is 11.1 Å². The third kappa shape index (κ3) is 8.06. The number of benzene rings is 1. The van der Waals surface area contributed by atoms with E-state index < -0.39 is 29.9 Å². The molecule has 3 saturated heterocycles. The fourth-order valence-electron chi connectivity index (χ4n) is 7.47. The molecule has 4 aromatic rings. The van der Waals surface area contributed by atoms with Crippen LogP contribution in [0.15, 0.2) is 64.7 Å². The number of alkyl halides is 1. The number of hydrogen-bond donors (Lipinski definition) is 1. The molecule has 0 radical (unpaired) electrons. The normalized spacial score (nSPS) is 20.6. The summed E-state index contributed by atoms with van der Waals surface area (Å²) in [6, 6.07) is 7.17. The van der Waals surface area contributed by atoms with Gasteiger partial charge in [0.25, 0.3) is 11.1 Å². The Hall–Kier alpha value is -4.86. The first kappa shape index (κ1) is 36.5. The largest absolute Gasteiger partial charge is 0.372 e. The van der Waals surface area contributed by atoms with E-state index in [1.54, 1.807) is 47.1 Å². The Morgan fingerprint density at radius 1 is 0.868 bits per heavy atom. The number of aryl methyl sites for hydroxylation is 1. The van der Waals surface area contributed by atoms with Crippen LogP contribution in [0.2, 0.25) is 0 Å². The molecule has 3 amide bonds. The van der Waals surface area contributed by atoms with Gasteiger partial charge in [-0.2, -0.15) is 0 Å². The van der Waals surface area contributed by atoms with E-state index in [1.807, 2.05) is 0 Å². The Labute approximate surface area is 303 Å². The molecule has 0 aliphatic carbocycles. The van der Waals surface area contributed by atoms with Crippen LogP contribution in [-0.4, -0.2) is 98.4 Å². The van der Waals surface area contributed by atoms with Gasteiger partial charge in [-0.05, 0) is 54.5 Å². The number of ether oxygens (including phenoxy) is 1. The number of amides is 3. The summed E-state index contributed by atoms with van der Waals surface area (Å²) in [7, 11) is 1.62. The van der Waals surface area contributed by atoms with Crippen molar-refractivity contribution < 1.29 is 27.5 Å². The molecule has 7 rings (SSSR count). The SMILES string of the molecule is Cn1ccc2c(-c3cc(F)c(CN4CC[C@@H](OC5CCN(CCn6cccc(CN7CCC(=O)NC7=O)c6=O)CC5)[C@H](F)C4)c(F)c3)cncc2c1=O. The van der Waals surface area contributed by atoms with Crippen molar-refractivity contribution in [1.29, 1.82) is 0 Å². The minimum absolute atomic E-state index is 0.00491. The first-order valence-corrected chi connectivity index (χ1v) is 18.0. The predicted octanol–water partition coefficient (Wildman–Crippen LogP) is 3.58. The second kappa shape index (κ2) is 15.6. The lowest BCUT2D eigenvalue weighted by molar-refractivity contribution is -0.121. The van der Waals surface area contributed by atoms with Gasteiger partial charge in [-0.3, -0.25) is 29.6 Å². The summed E-state index contributed by atoms with van der Waals surface area (Å²) in [4.78, 5) is 58.7. The van der Waals surface area contributed by atoms with Crippen LogP contribution in [0.3, 0.4) is 0 Å². The number of aromatic nitrogens is 3. The van der Waals surface area contributed by atoms with Gasteiger partial charge in [0.1, 0.15) is 17.8 Å². The molecule has 0 saturated carbocycles. The summed E-state index contributed by atoms with van der Waals surface area (Å²) < 4.78 is 55.5. The van der Waals surface area contributed by atoms with Crippen molar-refractivity contribution in [3.05, 3.63) is 98.6 Å². The number of rotatable bonds is 10. The summed E-state index contributed by atoms with van der Waals surface area (Å²) in [5.41, 5.74) is 0.615. The highest BCUT2D eigenvalue weighted by molar-refractivity contribution is 5.96. The number of piperidine rings is 2. The van der Waals surface area contributed by atoms with Crippen molar-refractivity contribution in [2.45, 2.75) is 63.7 Å². The molecule has 3 aliphatic heterocycles. The first-order valence-electron chi connectivity index (χ1n) is 18.0. The van der Waals surface area contributed by atoms with Crippen molar-refractivity contribution in [3.63, 3.8) is 0 Å². The quantitative estimate of drug-likeness (QED) is 0.263. The van der Waals surface area contributed by atoms with E-state index in [1.165, 1.54) is 34.0 Å². The lowest BCUT2D eigenvalue weighted by Crippen LogP contribution is -2.49. The zero-order chi connectivity index (χ0) is 37.2. The molecule has 1 N–H and O–H groups in total. The Morgan fingerprint density at radius 2 is 1.62 bits per heavy atom. The van der Waals surface area contributed by atoms with Crippen LogP contribution in [0, 0.1) is 11.6 Å². The number of imide groups is 1. The average molecular weight is 734 g/mol. The molecule has 0 unspecified atom stereocenters. The fraction of sp³-hybridized carbons (Fsp3) is 0.447. The third-order valence-electron chi connectivity index (χ3n) is 10.6. The second-order valence-corrected chi connectivity index (χ2v) is 14.1. The van der Waals surface area contributed by atoms with Crippen molar-refractivity contribution in [1.82, 2.24) is 34.1 Å². The molecule has 3 aromatic heterocycles. The summed E-state index contributed by atoms with van der Waals surface area (Å²) in [5, 5.41) is 3.17. The number of urea groups is 1. The smallest absolute Gasteiger partial charge is 0.324 e. The van der Waals surface area contributed by atoms with Gasteiger partial charge in [0, 0.05) is 107 Å². The number of nitrogens with zero attached hydrogens (tertiary/aromatic N) is 6. The molecular formula is C38H42F3N7O5. The minimum Gasteiger partial charge on any atom is -0.372 e. The van der Waals surface area contributed by atoms with Crippen LogP contribution < -0.4 is 16.4 Å². The van der Waals surface area contributed by atoms with Gasteiger partial charge < -0.3 is 23.7 Å². The average Bonchev–Trinajstić information content (AvgIpc) is 3.14. The van der Waals surface area contributed by atoms with Gasteiger partial charge in [0.2, 0.25) is 5.91 Å². The van der Waals surface area contributed by atoms with E-state index in [4.69, 9.17) is 4.74 Å². The molecule has 2 atom stereocenters. The maximum atomic E-state index is 15.4. The summed E-state index contributed by atoms with van der Waals surface area (Å²) in [6.45, 7) is 3.32. The predicted molar refractivity (Wildman–Crippen MR) is 191 cm³/mol. The molecule has 3 fully saturated rings. The lowest BCUT2D eigenvalue weighted by Gasteiger charge is -2.38. The molecule has 53 heavy (non-hydrogen) atoms. The molecular weight excluding hydrogens is 691 g/mol. The summed E-state index contributed by atoms with van der Waals surface area (Å²) in [5.74, 6) is -1.81. The number of nitrogens with one attached hydrogen (secondary N) is 1. The Morgan fingerprint density at radius 3 is 2.36 bits per heavy atom. The fourth-order valence-corrected chi connectivity index (χ4v) is 7.47. The van der Waals surface area contributed by atoms with Crippen LogP contribution in [0.5, 0.6) is 0 Å². The maximum Gasteiger partial charge on any atom is 0.324 e. The second-order valence-electron chi connectivity index (χ2n) is 14.1. The highest BCUT2D eigenvalue weighted by Crippen LogP contribution is 2.31. The number of halogens is 3. The molecule has 1 aromatic carbocycles. The Bertz CT molecular complexity index is 2110. The Kier molecular flexibility index (Phi) is 10.8. The van der Waals surface area contributed by atoms with E-state index in [0.717, 1.165) is 13.1 Å². The standard InChI is InChI=1S/C38H42F3N7O5/c1-44-10-6-27-28(19-42-20-29(27)37(44)51)25-17-31(39)30(32(40)18-25)22-46-13-7-34(33(41)23-46)53-26-4-11-45(12-5-26)15-16-47-9-2-3-24(36(47)50)21-48-14-8-35(49)43-38(48)52/h2-3,6,9-10,17-20,26,33-34H,4-5,7-8,11-16,21-23H2,1H3,(H,43,49,52)/t33-,34-/m1/s1. The van der Waals surface area contributed by atoms with Gasteiger partial charge in [-0.15, -0.1) is 0 Å². The summed E-state index contributed by atoms with van der Waals surface area (Å²) >= 11 is 0. The number of carbonyl (C=O) groups excluding carboxylic acids is 2. The highest BCUT2D eigenvalue weighted by atomic mass is 19.1. The van der Waals surface area contributed by atoms with Crippen LogP contribution in [-0.2, 0) is 36.2 Å². The summed E-state index contributed by atoms with van der Waals surface area (Å²) in [6.07, 6.45) is 6.25. The third-order valence-corrected chi connectivity index (χ3v) is 10.6. The van der Waals surface area contributed by atoms with E-state index in [0.29, 0.717) is 60.8 Å². The van der Waals surface area contributed by atoms with Crippen LogP contribution in [0.25, 0.3) is 21.9 Å². The van der Waals surface area contributed by atoms with E-state index in [-0.39, 0.29) is 66.9 Å². The molecule has 12 nitrogen and oxygen atoms in total. The van der Waals surface area contributed by atoms with E-state index in [9.17, 15) is 19.2 Å². The number of fused-ring (bicyclic) bond motifs is 1. The molecule has 0 spiro atoms. The van der Waals surface area contributed by atoms with E-state index >= 15 is 13.2 Å². The topological polar surface area (TPSA) is 122 Å². The zero-order valence-corrected chi connectivity index (χ0v) is 29.5. The maximum absolute atomic E-state index is 15.4. The zero-order valence-electron chi connectivity index (χ0n) is 29.5. The van der Waals surface area contributed by atoms with Gasteiger partial charge >= 0.3 is 6.03 Å². The number of likely N-dealkylation sites (tertiary alicyclic amines) is 2. The number of carbonyl (C=O) groups is 2. The molecule has 6 heterocycles. The number of hydrogen-bond acceptors (Lipinski definition) is 8. The molecule has 0 bridgehead atoms. The van der Waals surface area contributed by atoms with Crippen LogP contribution in [0.4, 0.5) is 18.0 Å². The van der Waals surface area contributed by atoms with Gasteiger partial charge in [0.05, 0.1) is 24.1 Å². The van der Waals surface area contributed by atoms with Crippen LogP contribution >= 0.6 is 0 Å². The molecule has 3 aliphatic rings. The first-order chi connectivity index (χ1) is 25.5. The van der Waals surface area contributed by atoms with Crippen molar-refractivity contribution in [2.24, 2.45) is 7.05 Å². The molecule has 280 valence electrons.